The van der Waals surface area contributed by atoms with Gasteiger partial charge in [-0.3, -0.25) is 4.99 Å². The molecule has 2 rings (SSSR count). The van der Waals surface area contributed by atoms with Crippen molar-refractivity contribution in [3.8, 4) is 0 Å². The molecule has 3 heteroatoms. The van der Waals surface area contributed by atoms with E-state index < -0.39 is 0 Å². The van der Waals surface area contributed by atoms with E-state index in [-0.39, 0.29) is 5.41 Å². The number of aliphatic imine (C=N–C) groups is 1. The Morgan fingerprint density at radius 2 is 1.79 bits per heavy atom. The molecule has 19 heavy (non-hydrogen) atoms. The minimum atomic E-state index is 0.208. The minimum Gasteiger partial charge on any atom is -0.335 e. The van der Waals surface area contributed by atoms with Crippen LogP contribution in [-0.2, 0) is 5.41 Å². The number of hydrogen-bond donors (Lipinski definition) is 1. The van der Waals surface area contributed by atoms with Crippen molar-refractivity contribution in [2.45, 2.75) is 46.1 Å². The molecule has 0 aromatic heterocycles. The van der Waals surface area contributed by atoms with E-state index in [1.54, 1.807) is 0 Å². The maximum atomic E-state index is 4.70. The molecule has 0 radical (unpaired) electrons. The molecular weight excluding hydrogens is 252 g/mol. The summed E-state index contributed by atoms with van der Waals surface area (Å²) in [7, 11) is 0. The lowest BCUT2D eigenvalue weighted by molar-refractivity contribution is 0.537. The first-order valence-corrected chi connectivity index (χ1v) is 7.93. The Bertz CT molecular complexity index is 457. The zero-order chi connectivity index (χ0) is 14.0. The van der Waals surface area contributed by atoms with E-state index >= 15 is 0 Å². The van der Waals surface area contributed by atoms with Gasteiger partial charge in [-0.1, -0.05) is 51.6 Å². The van der Waals surface area contributed by atoms with Crippen molar-refractivity contribution in [2.24, 2.45) is 10.9 Å². The number of hydrogen-bond acceptors (Lipinski definition) is 3. The first-order valence-electron chi connectivity index (χ1n) is 6.94. The molecule has 0 spiro atoms. The molecule has 104 valence electrons. The zero-order valence-electron chi connectivity index (χ0n) is 12.5. The highest BCUT2D eigenvalue weighted by Crippen LogP contribution is 2.26. The summed E-state index contributed by atoms with van der Waals surface area (Å²) in [4.78, 5) is 4.70. The van der Waals surface area contributed by atoms with Crippen molar-refractivity contribution < 1.29 is 0 Å². The van der Waals surface area contributed by atoms with Gasteiger partial charge < -0.3 is 5.32 Å². The highest BCUT2D eigenvalue weighted by Gasteiger charge is 2.19. The van der Waals surface area contributed by atoms with Crippen molar-refractivity contribution in [2.75, 3.05) is 11.1 Å². The molecule has 0 saturated heterocycles. The monoisotopic (exact) mass is 276 g/mol. The number of nitrogens with one attached hydrogen (secondary N) is 1. The van der Waals surface area contributed by atoms with E-state index in [1.807, 2.05) is 11.8 Å². The maximum Gasteiger partial charge on any atom is 0.161 e. The van der Waals surface area contributed by atoms with Gasteiger partial charge in [0.15, 0.2) is 5.17 Å². The molecule has 2 nitrogen and oxygen atoms in total. The second-order valence-electron chi connectivity index (χ2n) is 6.42. The Morgan fingerprint density at radius 1 is 1.16 bits per heavy atom. The fourth-order valence-corrected chi connectivity index (χ4v) is 3.07. The Balaban J connectivity index is 2.06. The summed E-state index contributed by atoms with van der Waals surface area (Å²) in [6, 6.07) is 9.10. The molecule has 1 aromatic rings. The van der Waals surface area contributed by atoms with E-state index in [2.05, 4.69) is 64.2 Å². The normalized spacial score (nSPS) is 23.9. The van der Waals surface area contributed by atoms with Gasteiger partial charge in [0.2, 0.25) is 0 Å². The fourth-order valence-electron chi connectivity index (χ4n) is 1.94. The van der Waals surface area contributed by atoms with Gasteiger partial charge in [-0.25, -0.2) is 0 Å². The van der Waals surface area contributed by atoms with Crippen LogP contribution >= 0.6 is 11.8 Å². The van der Waals surface area contributed by atoms with E-state index in [1.165, 1.54) is 5.56 Å². The average molecular weight is 276 g/mol. The van der Waals surface area contributed by atoms with Gasteiger partial charge >= 0.3 is 0 Å². The molecule has 1 heterocycles. The molecular formula is C16H24N2S. The zero-order valence-corrected chi connectivity index (χ0v) is 13.3. The average Bonchev–Trinajstić information content (AvgIpc) is 2.33. The van der Waals surface area contributed by atoms with Crippen molar-refractivity contribution in [3.05, 3.63) is 29.8 Å². The molecule has 0 bridgehead atoms. The van der Waals surface area contributed by atoms with Gasteiger partial charge in [-0.2, -0.15) is 0 Å². The molecule has 2 unspecified atom stereocenters. The second kappa shape index (κ2) is 5.58. The predicted octanol–water partition coefficient (Wildman–Crippen LogP) is 4.52. The third kappa shape index (κ3) is 3.75. The van der Waals surface area contributed by atoms with Crippen LogP contribution in [0.4, 0.5) is 5.69 Å². The minimum absolute atomic E-state index is 0.208. The lowest BCUT2D eigenvalue weighted by Gasteiger charge is -2.24. The fraction of sp³-hybridized carbons (Fsp3) is 0.562. The van der Waals surface area contributed by atoms with Crippen molar-refractivity contribution in [3.63, 3.8) is 0 Å². The third-order valence-corrected chi connectivity index (χ3v) is 4.80. The molecule has 1 aliphatic rings. The van der Waals surface area contributed by atoms with Crippen LogP contribution in [0.2, 0.25) is 0 Å². The SMILES string of the molecule is CC1CSC(Nc2ccc(C(C)(C)C)cc2)=NC1C. The van der Waals surface area contributed by atoms with Crippen LogP contribution in [-0.4, -0.2) is 17.0 Å². The highest BCUT2D eigenvalue weighted by molar-refractivity contribution is 8.14. The highest BCUT2D eigenvalue weighted by atomic mass is 32.2. The van der Waals surface area contributed by atoms with Crippen LogP contribution in [0.25, 0.3) is 0 Å². The van der Waals surface area contributed by atoms with Crippen molar-refractivity contribution in [1.29, 1.82) is 0 Å². The number of rotatable bonds is 1. The van der Waals surface area contributed by atoms with Gasteiger partial charge in [0.25, 0.3) is 0 Å². The van der Waals surface area contributed by atoms with E-state index in [0.29, 0.717) is 12.0 Å². The van der Waals surface area contributed by atoms with Crippen LogP contribution in [0, 0.1) is 5.92 Å². The standard InChI is InChI=1S/C16H24N2S/c1-11-10-19-15(17-12(11)2)18-14-8-6-13(7-9-14)16(3,4)5/h6-9,11-12H,10H2,1-5H3,(H,17,18). The van der Waals surface area contributed by atoms with Gasteiger partial charge in [0.05, 0.1) is 6.04 Å². The van der Waals surface area contributed by atoms with Gasteiger partial charge in [0.1, 0.15) is 0 Å². The van der Waals surface area contributed by atoms with Gasteiger partial charge in [0, 0.05) is 11.4 Å². The number of anilines is 1. The summed E-state index contributed by atoms with van der Waals surface area (Å²) in [5.74, 6) is 1.81. The smallest absolute Gasteiger partial charge is 0.161 e. The number of amidine groups is 1. The molecule has 0 saturated carbocycles. The third-order valence-electron chi connectivity index (χ3n) is 3.63. The Labute approximate surface area is 121 Å². The summed E-state index contributed by atoms with van der Waals surface area (Å²) in [6.07, 6.45) is 0. The maximum absolute atomic E-state index is 4.70. The van der Waals surface area contributed by atoms with Crippen molar-refractivity contribution in [1.82, 2.24) is 0 Å². The van der Waals surface area contributed by atoms with Gasteiger partial charge in [-0.05, 0) is 36.0 Å². The molecule has 0 fully saturated rings. The van der Waals surface area contributed by atoms with E-state index in [9.17, 15) is 0 Å². The lowest BCUT2D eigenvalue weighted by atomic mass is 9.87. The molecule has 0 aliphatic carbocycles. The van der Waals surface area contributed by atoms with E-state index in [0.717, 1.165) is 16.6 Å². The largest absolute Gasteiger partial charge is 0.335 e. The molecule has 1 aromatic carbocycles. The summed E-state index contributed by atoms with van der Waals surface area (Å²) in [5.41, 5.74) is 2.69. The van der Waals surface area contributed by atoms with Crippen molar-refractivity contribution >= 4 is 22.6 Å². The van der Waals surface area contributed by atoms with Gasteiger partial charge in [-0.15, -0.1) is 0 Å². The topological polar surface area (TPSA) is 24.4 Å². The van der Waals surface area contributed by atoms with Crippen LogP contribution < -0.4 is 5.32 Å². The summed E-state index contributed by atoms with van der Waals surface area (Å²) in [5, 5.41) is 4.47. The molecule has 0 amide bonds. The van der Waals surface area contributed by atoms with Crippen LogP contribution in [0.15, 0.2) is 29.3 Å². The Kier molecular flexibility index (Phi) is 4.24. The number of thioether (sulfide) groups is 1. The summed E-state index contributed by atoms with van der Waals surface area (Å²) < 4.78 is 0. The first-order chi connectivity index (χ1) is 8.86. The van der Waals surface area contributed by atoms with Crippen LogP contribution in [0.3, 0.4) is 0 Å². The Morgan fingerprint density at radius 3 is 2.32 bits per heavy atom. The predicted molar refractivity (Wildman–Crippen MR) is 87.3 cm³/mol. The number of nitrogens with zero attached hydrogens (tertiary/aromatic N) is 1. The molecule has 1 aliphatic heterocycles. The van der Waals surface area contributed by atoms with E-state index in [4.69, 9.17) is 4.99 Å². The summed E-state index contributed by atoms with van der Waals surface area (Å²) in [6.45, 7) is 11.2. The molecule has 2 atom stereocenters. The van der Waals surface area contributed by atoms with Crippen LogP contribution in [0.1, 0.15) is 40.2 Å². The number of benzene rings is 1. The first kappa shape index (κ1) is 14.4. The summed E-state index contributed by atoms with van der Waals surface area (Å²) >= 11 is 1.82. The quantitative estimate of drug-likeness (QED) is 0.815. The Hall–Kier alpha value is -0.960. The lowest BCUT2D eigenvalue weighted by Crippen LogP contribution is -2.25. The molecule has 1 N–H and O–H groups in total. The second-order valence-corrected chi connectivity index (χ2v) is 7.42. The van der Waals surface area contributed by atoms with Crippen LogP contribution in [0.5, 0.6) is 0 Å².